The van der Waals surface area contributed by atoms with Crippen LogP contribution in [0.1, 0.15) is 5.56 Å². The SMILES string of the molecule is NS(=O)(=O)N1CCN(C(=O)CN2CCOc3ccccc3C2)CC1. The summed E-state index contributed by atoms with van der Waals surface area (Å²) in [4.78, 5) is 16.2. The van der Waals surface area contributed by atoms with Crippen molar-refractivity contribution in [3.63, 3.8) is 0 Å². The normalized spacial score (nSPS) is 20.1. The van der Waals surface area contributed by atoms with Crippen LogP contribution in [0.5, 0.6) is 5.75 Å². The Kier molecular flexibility index (Phi) is 5.04. The average Bonchev–Trinajstić information content (AvgIpc) is 2.75. The maximum atomic E-state index is 12.5. The molecule has 0 unspecified atom stereocenters. The molecule has 2 aliphatic heterocycles. The van der Waals surface area contributed by atoms with Gasteiger partial charge in [0.25, 0.3) is 10.2 Å². The Balaban J connectivity index is 1.56. The number of rotatable bonds is 3. The van der Waals surface area contributed by atoms with Crippen LogP contribution in [0.2, 0.25) is 0 Å². The number of carbonyl (C=O) groups excluding carboxylic acids is 1. The lowest BCUT2D eigenvalue weighted by atomic mass is 10.2. The largest absolute Gasteiger partial charge is 0.492 e. The molecule has 1 aromatic rings. The number of nitrogens with two attached hydrogens (primary N) is 1. The second kappa shape index (κ2) is 7.06. The number of amides is 1. The first kappa shape index (κ1) is 17.2. The molecule has 1 aromatic carbocycles. The van der Waals surface area contributed by atoms with E-state index in [0.717, 1.165) is 11.3 Å². The first-order valence-electron chi connectivity index (χ1n) is 7.92. The molecule has 8 nitrogen and oxygen atoms in total. The molecule has 0 aliphatic carbocycles. The third-order valence-corrected chi connectivity index (χ3v) is 5.43. The van der Waals surface area contributed by atoms with E-state index in [0.29, 0.717) is 39.3 Å². The number of nitrogens with zero attached hydrogens (tertiary/aromatic N) is 3. The molecule has 2 aliphatic rings. The second-order valence-electron chi connectivity index (χ2n) is 5.99. The molecule has 0 aromatic heterocycles. The molecule has 0 spiro atoms. The summed E-state index contributed by atoms with van der Waals surface area (Å²) in [7, 11) is -3.67. The van der Waals surface area contributed by atoms with Crippen molar-refractivity contribution in [1.29, 1.82) is 0 Å². The summed E-state index contributed by atoms with van der Waals surface area (Å²) in [6.07, 6.45) is 0. The summed E-state index contributed by atoms with van der Waals surface area (Å²) in [5.74, 6) is 0.873. The molecule has 2 N–H and O–H groups in total. The summed E-state index contributed by atoms with van der Waals surface area (Å²) in [6, 6.07) is 7.83. The number of ether oxygens (including phenoxy) is 1. The van der Waals surface area contributed by atoms with Crippen LogP contribution in [-0.4, -0.2) is 74.3 Å². The molecular formula is C15H22N4O4S. The smallest absolute Gasteiger partial charge is 0.277 e. The molecule has 24 heavy (non-hydrogen) atoms. The Morgan fingerprint density at radius 3 is 2.54 bits per heavy atom. The van der Waals surface area contributed by atoms with Gasteiger partial charge in [-0.05, 0) is 6.07 Å². The summed E-state index contributed by atoms with van der Waals surface area (Å²) in [6.45, 7) is 3.42. The highest BCUT2D eigenvalue weighted by molar-refractivity contribution is 7.86. The van der Waals surface area contributed by atoms with Crippen molar-refractivity contribution >= 4 is 16.1 Å². The van der Waals surface area contributed by atoms with E-state index >= 15 is 0 Å². The number of fused-ring (bicyclic) bond motifs is 1. The van der Waals surface area contributed by atoms with Crippen LogP contribution in [0.3, 0.4) is 0 Å². The molecule has 0 bridgehead atoms. The van der Waals surface area contributed by atoms with Crippen LogP contribution in [0, 0.1) is 0 Å². The van der Waals surface area contributed by atoms with E-state index in [4.69, 9.17) is 9.88 Å². The topological polar surface area (TPSA) is 96.2 Å². The van der Waals surface area contributed by atoms with Gasteiger partial charge >= 0.3 is 0 Å². The average molecular weight is 354 g/mol. The fraction of sp³-hybridized carbons (Fsp3) is 0.533. The van der Waals surface area contributed by atoms with Crippen molar-refractivity contribution in [2.75, 3.05) is 45.9 Å². The van der Waals surface area contributed by atoms with Crippen molar-refractivity contribution in [2.45, 2.75) is 6.54 Å². The summed E-state index contributed by atoms with van der Waals surface area (Å²) in [5, 5.41) is 5.12. The van der Waals surface area contributed by atoms with E-state index in [9.17, 15) is 13.2 Å². The van der Waals surface area contributed by atoms with Crippen LogP contribution in [0.15, 0.2) is 24.3 Å². The van der Waals surface area contributed by atoms with Crippen molar-refractivity contribution in [1.82, 2.24) is 14.1 Å². The highest BCUT2D eigenvalue weighted by Crippen LogP contribution is 2.22. The number of benzene rings is 1. The van der Waals surface area contributed by atoms with Gasteiger partial charge in [-0.25, -0.2) is 5.14 Å². The number of piperazine rings is 1. The van der Waals surface area contributed by atoms with Gasteiger partial charge in [0.05, 0.1) is 6.54 Å². The van der Waals surface area contributed by atoms with Gasteiger partial charge in [-0.3, -0.25) is 9.69 Å². The molecule has 3 rings (SSSR count). The van der Waals surface area contributed by atoms with Crippen LogP contribution in [0.25, 0.3) is 0 Å². The second-order valence-corrected chi connectivity index (χ2v) is 7.54. The van der Waals surface area contributed by atoms with E-state index in [1.54, 1.807) is 4.90 Å². The Labute approximate surface area is 141 Å². The van der Waals surface area contributed by atoms with Gasteiger partial charge in [-0.15, -0.1) is 0 Å². The molecule has 1 amide bonds. The highest BCUT2D eigenvalue weighted by Gasteiger charge is 2.27. The number of carbonyl (C=O) groups is 1. The standard InChI is InChI=1S/C15H22N4O4S/c16-24(21,22)19-7-5-18(6-8-19)15(20)12-17-9-10-23-14-4-2-1-3-13(14)11-17/h1-4H,5-12H2,(H2,16,21,22). The maximum Gasteiger partial charge on any atom is 0.277 e. The van der Waals surface area contributed by atoms with E-state index in [-0.39, 0.29) is 19.0 Å². The molecule has 0 radical (unpaired) electrons. The van der Waals surface area contributed by atoms with Crippen molar-refractivity contribution < 1.29 is 17.9 Å². The number of hydrogen-bond acceptors (Lipinski definition) is 5. The predicted octanol–water partition coefficient (Wildman–Crippen LogP) is -0.771. The zero-order valence-corrected chi connectivity index (χ0v) is 14.2. The van der Waals surface area contributed by atoms with E-state index in [2.05, 4.69) is 4.90 Å². The monoisotopic (exact) mass is 354 g/mol. The van der Waals surface area contributed by atoms with E-state index < -0.39 is 10.2 Å². The first-order valence-corrected chi connectivity index (χ1v) is 9.42. The van der Waals surface area contributed by atoms with Gasteiger partial charge in [-0.1, -0.05) is 18.2 Å². The lowest BCUT2D eigenvalue weighted by Crippen LogP contribution is -2.53. The minimum atomic E-state index is -3.67. The Morgan fingerprint density at radius 2 is 1.83 bits per heavy atom. The minimum Gasteiger partial charge on any atom is -0.492 e. The first-order chi connectivity index (χ1) is 11.4. The molecular weight excluding hydrogens is 332 g/mol. The third kappa shape index (κ3) is 4.04. The van der Waals surface area contributed by atoms with Gasteiger partial charge in [0.2, 0.25) is 5.91 Å². The predicted molar refractivity (Wildman–Crippen MR) is 88.5 cm³/mol. The molecule has 0 atom stereocenters. The van der Waals surface area contributed by atoms with Gasteiger partial charge in [0.15, 0.2) is 0 Å². The number of para-hydroxylation sites is 1. The summed E-state index contributed by atoms with van der Waals surface area (Å²) in [5.41, 5.74) is 1.07. The van der Waals surface area contributed by atoms with Gasteiger partial charge in [0, 0.05) is 44.8 Å². The lowest BCUT2D eigenvalue weighted by Gasteiger charge is -2.34. The molecule has 1 fully saturated rings. The van der Waals surface area contributed by atoms with Crippen LogP contribution in [0.4, 0.5) is 0 Å². The van der Waals surface area contributed by atoms with Gasteiger partial charge in [-0.2, -0.15) is 12.7 Å². The summed E-state index contributed by atoms with van der Waals surface area (Å²) < 4.78 is 29.5. The molecule has 0 saturated carbocycles. The van der Waals surface area contributed by atoms with Crippen LogP contribution >= 0.6 is 0 Å². The minimum absolute atomic E-state index is 0.00319. The number of hydrogen-bond donors (Lipinski definition) is 1. The van der Waals surface area contributed by atoms with Gasteiger partial charge < -0.3 is 9.64 Å². The summed E-state index contributed by atoms with van der Waals surface area (Å²) >= 11 is 0. The van der Waals surface area contributed by atoms with E-state index in [1.165, 1.54) is 4.31 Å². The molecule has 9 heteroatoms. The third-order valence-electron chi connectivity index (χ3n) is 4.34. The van der Waals surface area contributed by atoms with Gasteiger partial charge in [0.1, 0.15) is 12.4 Å². The fourth-order valence-electron chi connectivity index (χ4n) is 3.00. The van der Waals surface area contributed by atoms with Crippen molar-refractivity contribution in [3.05, 3.63) is 29.8 Å². The molecule has 2 heterocycles. The molecule has 132 valence electrons. The van der Waals surface area contributed by atoms with Crippen molar-refractivity contribution in [2.24, 2.45) is 5.14 Å². The zero-order chi connectivity index (χ0) is 17.2. The lowest BCUT2D eigenvalue weighted by molar-refractivity contribution is -0.133. The zero-order valence-electron chi connectivity index (χ0n) is 13.4. The Hall–Kier alpha value is -1.68. The van der Waals surface area contributed by atoms with Crippen molar-refractivity contribution in [3.8, 4) is 5.75 Å². The van der Waals surface area contributed by atoms with E-state index in [1.807, 2.05) is 24.3 Å². The fourth-order valence-corrected chi connectivity index (χ4v) is 3.67. The van der Waals surface area contributed by atoms with Crippen LogP contribution < -0.4 is 9.88 Å². The van der Waals surface area contributed by atoms with Crippen LogP contribution in [-0.2, 0) is 21.5 Å². The Bertz CT molecular complexity index is 701. The highest BCUT2D eigenvalue weighted by atomic mass is 32.2. The quantitative estimate of drug-likeness (QED) is 0.769. The molecule has 1 saturated heterocycles. The Morgan fingerprint density at radius 1 is 1.12 bits per heavy atom. The maximum absolute atomic E-state index is 12.5.